The van der Waals surface area contributed by atoms with E-state index in [9.17, 15) is 9.59 Å². The molecule has 0 spiro atoms. The molecule has 7 nitrogen and oxygen atoms in total. The number of amides is 1. The van der Waals surface area contributed by atoms with Gasteiger partial charge in [0.25, 0.3) is 5.91 Å². The molecule has 1 saturated carbocycles. The third-order valence-electron chi connectivity index (χ3n) is 5.65. The van der Waals surface area contributed by atoms with Gasteiger partial charge in [-0.15, -0.1) is 0 Å². The van der Waals surface area contributed by atoms with Gasteiger partial charge in [0.2, 0.25) is 0 Å². The van der Waals surface area contributed by atoms with Gasteiger partial charge >= 0.3 is 5.97 Å². The number of nitrogens with zero attached hydrogens (tertiary/aromatic N) is 1. The summed E-state index contributed by atoms with van der Waals surface area (Å²) in [4.78, 5) is 29.6. The molecular weight excluding hydrogens is 408 g/mol. The minimum Gasteiger partial charge on any atom is -0.497 e. The van der Waals surface area contributed by atoms with Crippen molar-refractivity contribution in [3.05, 3.63) is 65.4 Å². The standard InChI is InChI=1S/C25H26N2O5/c1-15-21(12-18-8-11-20(31-3)13-22(18)26-15)25(29)32-14-23(28)27-24(16-4-5-16)17-6-9-19(30-2)10-7-17/h6-13,16,24H,4-5,14H2,1-3H3,(H,27,28). The van der Waals surface area contributed by atoms with Gasteiger partial charge in [0.15, 0.2) is 6.61 Å². The second-order valence-electron chi connectivity index (χ2n) is 7.91. The molecular formula is C25H26N2O5. The average Bonchev–Trinajstić information content (AvgIpc) is 3.65. The second-order valence-corrected chi connectivity index (χ2v) is 7.91. The van der Waals surface area contributed by atoms with E-state index in [1.165, 1.54) is 0 Å². The SMILES string of the molecule is COc1ccc(C(NC(=O)COC(=O)c2cc3ccc(OC)cc3nc2C)C2CC2)cc1. The van der Waals surface area contributed by atoms with Crippen LogP contribution in [0.5, 0.6) is 11.5 Å². The van der Waals surface area contributed by atoms with E-state index in [-0.39, 0.29) is 18.6 Å². The molecule has 1 unspecified atom stereocenters. The summed E-state index contributed by atoms with van der Waals surface area (Å²) in [5.41, 5.74) is 2.61. The maximum atomic E-state index is 12.6. The molecule has 32 heavy (non-hydrogen) atoms. The second kappa shape index (κ2) is 9.26. The van der Waals surface area contributed by atoms with E-state index in [1.54, 1.807) is 33.3 Å². The van der Waals surface area contributed by atoms with Crippen molar-refractivity contribution in [2.45, 2.75) is 25.8 Å². The number of esters is 1. The highest BCUT2D eigenvalue weighted by atomic mass is 16.5. The summed E-state index contributed by atoms with van der Waals surface area (Å²) in [5, 5.41) is 3.80. The lowest BCUT2D eigenvalue weighted by atomic mass is 10.0. The Morgan fingerprint density at radius 2 is 1.72 bits per heavy atom. The number of carbonyl (C=O) groups is 2. The molecule has 1 aliphatic carbocycles. The first-order valence-corrected chi connectivity index (χ1v) is 10.5. The fourth-order valence-electron chi connectivity index (χ4n) is 3.71. The molecule has 1 amide bonds. The van der Waals surface area contributed by atoms with Crippen molar-refractivity contribution in [2.75, 3.05) is 20.8 Å². The molecule has 1 fully saturated rings. The van der Waals surface area contributed by atoms with Crippen LogP contribution >= 0.6 is 0 Å². The Labute approximate surface area is 186 Å². The van der Waals surface area contributed by atoms with Crippen molar-refractivity contribution < 1.29 is 23.8 Å². The van der Waals surface area contributed by atoms with Gasteiger partial charge < -0.3 is 19.5 Å². The molecule has 2 aromatic carbocycles. The van der Waals surface area contributed by atoms with Crippen molar-refractivity contribution >= 4 is 22.8 Å². The summed E-state index contributed by atoms with van der Waals surface area (Å²) >= 11 is 0. The molecule has 1 aliphatic rings. The minimum absolute atomic E-state index is 0.105. The zero-order valence-corrected chi connectivity index (χ0v) is 18.4. The van der Waals surface area contributed by atoms with Crippen LogP contribution < -0.4 is 14.8 Å². The van der Waals surface area contributed by atoms with E-state index in [4.69, 9.17) is 14.2 Å². The number of hydrogen-bond acceptors (Lipinski definition) is 6. The first-order valence-electron chi connectivity index (χ1n) is 10.5. The van der Waals surface area contributed by atoms with Gasteiger partial charge in [-0.1, -0.05) is 12.1 Å². The van der Waals surface area contributed by atoms with Gasteiger partial charge in [0.1, 0.15) is 11.5 Å². The number of benzene rings is 2. The number of fused-ring (bicyclic) bond motifs is 1. The smallest absolute Gasteiger partial charge is 0.340 e. The van der Waals surface area contributed by atoms with Crippen LogP contribution in [0.3, 0.4) is 0 Å². The number of pyridine rings is 1. The van der Waals surface area contributed by atoms with Crippen LogP contribution in [-0.2, 0) is 9.53 Å². The predicted molar refractivity (Wildman–Crippen MR) is 120 cm³/mol. The monoisotopic (exact) mass is 434 g/mol. The molecule has 1 atom stereocenters. The van der Waals surface area contributed by atoms with Crippen molar-refractivity contribution in [2.24, 2.45) is 5.92 Å². The lowest BCUT2D eigenvalue weighted by Crippen LogP contribution is -2.33. The van der Waals surface area contributed by atoms with Crippen LogP contribution in [0.4, 0.5) is 0 Å². The van der Waals surface area contributed by atoms with Crippen molar-refractivity contribution in [1.82, 2.24) is 10.3 Å². The van der Waals surface area contributed by atoms with Crippen LogP contribution in [0.15, 0.2) is 48.5 Å². The molecule has 0 bridgehead atoms. The number of methoxy groups -OCH3 is 2. The fourth-order valence-corrected chi connectivity index (χ4v) is 3.71. The number of hydrogen-bond donors (Lipinski definition) is 1. The molecule has 7 heteroatoms. The molecule has 166 valence electrons. The van der Waals surface area contributed by atoms with Crippen molar-refractivity contribution in [3.8, 4) is 11.5 Å². The molecule has 1 aromatic heterocycles. The summed E-state index contributed by atoms with van der Waals surface area (Å²) in [6.45, 7) is 1.39. The summed E-state index contributed by atoms with van der Waals surface area (Å²) < 4.78 is 15.7. The Bertz CT molecular complexity index is 1140. The molecule has 1 N–H and O–H groups in total. The van der Waals surface area contributed by atoms with Crippen LogP contribution in [0, 0.1) is 12.8 Å². The molecule has 0 aliphatic heterocycles. The normalized spacial score (nSPS) is 14.0. The first-order chi connectivity index (χ1) is 15.5. The summed E-state index contributed by atoms with van der Waals surface area (Å²) in [7, 11) is 3.21. The van der Waals surface area contributed by atoms with E-state index < -0.39 is 5.97 Å². The van der Waals surface area contributed by atoms with Gasteiger partial charge in [-0.05, 0) is 61.6 Å². The van der Waals surface area contributed by atoms with Crippen LogP contribution in [0.1, 0.15) is 40.5 Å². The van der Waals surface area contributed by atoms with Crippen molar-refractivity contribution in [1.29, 1.82) is 0 Å². The minimum atomic E-state index is -0.574. The average molecular weight is 434 g/mol. The number of aryl methyl sites for hydroxylation is 1. The zero-order valence-electron chi connectivity index (χ0n) is 18.4. The van der Waals surface area contributed by atoms with Gasteiger partial charge in [0.05, 0.1) is 37.0 Å². The lowest BCUT2D eigenvalue weighted by Gasteiger charge is -2.19. The number of carbonyl (C=O) groups excluding carboxylic acids is 2. The quantitative estimate of drug-likeness (QED) is 0.540. The number of rotatable bonds is 8. The fraction of sp³-hybridized carbons (Fsp3) is 0.320. The Balaban J connectivity index is 1.40. The van der Waals surface area contributed by atoms with E-state index >= 15 is 0 Å². The Hall–Kier alpha value is -3.61. The highest BCUT2D eigenvalue weighted by Gasteiger charge is 2.33. The van der Waals surface area contributed by atoms with E-state index in [0.29, 0.717) is 22.9 Å². The van der Waals surface area contributed by atoms with E-state index in [0.717, 1.165) is 35.1 Å². The van der Waals surface area contributed by atoms with Gasteiger partial charge in [-0.2, -0.15) is 0 Å². The van der Waals surface area contributed by atoms with E-state index in [2.05, 4.69) is 10.3 Å². The Morgan fingerprint density at radius 1 is 1.03 bits per heavy atom. The third-order valence-corrected chi connectivity index (χ3v) is 5.65. The maximum absolute atomic E-state index is 12.6. The van der Waals surface area contributed by atoms with Gasteiger partial charge in [-0.3, -0.25) is 9.78 Å². The topological polar surface area (TPSA) is 86.8 Å². The molecule has 3 aromatic rings. The number of aromatic nitrogens is 1. The Kier molecular flexibility index (Phi) is 6.25. The largest absolute Gasteiger partial charge is 0.497 e. The predicted octanol–water partition coefficient (Wildman–Crippen LogP) is 3.98. The third kappa shape index (κ3) is 4.82. The summed E-state index contributed by atoms with van der Waals surface area (Å²) in [6.07, 6.45) is 2.12. The Morgan fingerprint density at radius 3 is 2.38 bits per heavy atom. The molecule has 1 heterocycles. The van der Waals surface area contributed by atoms with Gasteiger partial charge in [-0.25, -0.2) is 4.79 Å². The summed E-state index contributed by atoms with van der Waals surface area (Å²) in [6, 6.07) is 14.7. The molecule has 0 saturated heterocycles. The highest BCUT2D eigenvalue weighted by molar-refractivity contribution is 5.96. The molecule has 4 rings (SSSR count). The summed E-state index contributed by atoms with van der Waals surface area (Å²) in [5.74, 6) is 0.948. The highest BCUT2D eigenvalue weighted by Crippen LogP contribution is 2.41. The lowest BCUT2D eigenvalue weighted by molar-refractivity contribution is -0.125. The maximum Gasteiger partial charge on any atom is 0.340 e. The zero-order chi connectivity index (χ0) is 22.7. The van der Waals surface area contributed by atoms with Crippen LogP contribution in [0.2, 0.25) is 0 Å². The van der Waals surface area contributed by atoms with Crippen LogP contribution in [0.25, 0.3) is 10.9 Å². The van der Waals surface area contributed by atoms with Gasteiger partial charge in [0, 0.05) is 11.5 Å². The van der Waals surface area contributed by atoms with Crippen LogP contribution in [-0.4, -0.2) is 37.7 Å². The number of ether oxygens (including phenoxy) is 3. The number of nitrogens with one attached hydrogen (secondary N) is 1. The first kappa shape index (κ1) is 21.6. The molecule has 0 radical (unpaired) electrons. The van der Waals surface area contributed by atoms with Crippen molar-refractivity contribution in [3.63, 3.8) is 0 Å². The van der Waals surface area contributed by atoms with E-state index in [1.807, 2.05) is 36.4 Å².